The molecule has 2 atom stereocenters. The molecule has 0 aromatic heterocycles. The van der Waals surface area contributed by atoms with Crippen molar-refractivity contribution in [1.29, 1.82) is 0 Å². The average Bonchev–Trinajstić information content (AvgIpc) is 2.34. The van der Waals surface area contributed by atoms with E-state index in [-0.39, 0.29) is 11.7 Å². The molecule has 0 bridgehead atoms. The highest BCUT2D eigenvalue weighted by Gasteiger charge is 2.22. The van der Waals surface area contributed by atoms with Gasteiger partial charge in [0.2, 0.25) is 0 Å². The molecule has 0 saturated heterocycles. The van der Waals surface area contributed by atoms with Crippen LogP contribution in [0.1, 0.15) is 45.7 Å². The maximum atomic E-state index is 10.8. The van der Waals surface area contributed by atoms with Gasteiger partial charge < -0.3 is 10.4 Å². The van der Waals surface area contributed by atoms with E-state index in [9.17, 15) is 15.2 Å². The first-order valence-electron chi connectivity index (χ1n) is 6.91. The fourth-order valence-electron chi connectivity index (χ4n) is 2.35. The van der Waals surface area contributed by atoms with E-state index in [1.807, 2.05) is 13.0 Å². The summed E-state index contributed by atoms with van der Waals surface area (Å²) in [6.07, 6.45) is 0.710. The molecular weight excluding hydrogens is 256 g/mol. The third kappa shape index (κ3) is 5.27. The van der Waals surface area contributed by atoms with E-state index in [4.69, 9.17) is 0 Å². The van der Waals surface area contributed by atoms with Gasteiger partial charge in [-0.3, -0.25) is 10.1 Å². The van der Waals surface area contributed by atoms with Crippen LogP contribution < -0.4 is 5.32 Å². The van der Waals surface area contributed by atoms with E-state index in [2.05, 4.69) is 19.2 Å². The molecule has 0 spiro atoms. The van der Waals surface area contributed by atoms with Gasteiger partial charge in [0.05, 0.1) is 10.5 Å². The normalized spacial score (nSPS) is 15.9. The summed E-state index contributed by atoms with van der Waals surface area (Å²) < 4.78 is 0. The zero-order chi connectivity index (χ0) is 15.3. The molecule has 0 fully saturated rings. The maximum Gasteiger partial charge on any atom is 0.269 e. The molecule has 1 aromatic carbocycles. The lowest BCUT2D eigenvalue weighted by Gasteiger charge is -2.27. The van der Waals surface area contributed by atoms with Crippen LogP contribution in [0.25, 0.3) is 0 Å². The Morgan fingerprint density at radius 1 is 1.40 bits per heavy atom. The predicted octanol–water partition coefficient (Wildman–Crippen LogP) is 3.04. The Labute approximate surface area is 120 Å². The molecule has 20 heavy (non-hydrogen) atoms. The molecule has 1 aromatic rings. The quantitative estimate of drug-likeness (QED) is 0.594. The molecule has 0 aliphatic carbocycles. The van der Waals surface area contributed by atoms with Crippen molar-refractivity contribution >= 4 is 5.69 Å². The Hall–Kier alpha value is -1.46. The van der Waals surface area contributed by atoms with E-state index >= 15 is 0 Å². The topological polar surface area (TPSA) is 75.4 Å². The molecule has 2 unspecified atom stereocenters. The Morgan fingerprint density at radius 3 is 2.60 bits per heavy atom. The molecule has 0 saturated carbocycles. The molecule has 1 rings (SSSR count). The minimum Gasteiger partial charge on any atom is -0.389 e. The highest BCUT2D eigenvalue weighted by Crippen LogP contribution is 2.21. The van der Waals surface area contributed by atoms with E-state index in [0.29, 0.717) is 18.9 Å². The van der Waals surface area contributed by atoms with Gasteiger partial charge >= 0.3 is 0 Å². The van der Waals surface area contributed by atoms with Crippen LogP contribution in [0.2, 0.25) is 0 Å². The van der Waals surface area contributed by atoms with Crippen LogP contribution in [0.15, 0.2) is 24.3 Å². The van der Waals surface area contributed by atoms with Crippen molar-refractivity contribution in [3.63, 3.8) is 0 Å². The largest absolute Gasteiger partial charge is 0.389 e. The summed E-state index contributed by atoms with van der Waals surface area (Å²) in [7, 11) is 0. The van der Waals surface area contributed by atoms with Gasteiger partial charge in [-0.25, -0.2) is 0 Å². The van der Waals surface area contributed by atoms with Crippen molar-refractivity contribution in [1.82, 2.24) is 5.32 Å². The Kier molecular flexibility index (Phi) is 5.65. The fraction of sp³-hybridized carbons (Fsp3) is 0.600. The second-order valence-electron chi connectivity index (χ2n) is 6.05. The monoisotopic (exact) mass is 280 g/mol. The fourth-order valence-corrected chi connectivity index (χ4v) is 2.35. The van der Waals surface area contributed by atoms with Crippen LogP contribution in [-0.4, -0.2) is 22.2 Å². The summed E-state index contributed by atoms with van der Waals surface area (Å²) >= 11 is 0. The molecule has 0 amide bonds. The van der Waals surface area contributed by atoms with Crippen molar-refractivity contribution in [3.05, 3.63) is 39.9 Å². The zero-order valence-electron chi connectivity index (χ0n) is 12.6. The molecule has 0 heterocycles. The minimum absolute atomic E-state index is 0.0477. The summed E-state index contributed by atoms with van der Waals surface area (Å²) in [5.41, 5.74) is 0.160. The number of nitrogens with zero attached hydrogens (tertiary/aromatic N) is 1. The van der Waals surface area contributed by atoms with Crippen LogP contribution >= 0.6 is 0 Å². The standard InChI is InChI=1S/C15H24N2O3/c1-11(2)9-15(4,18)10-16-12(3)13-6-5-7-14(8-13)17(19)20/h5-8,11-12,16,18H,9-10H2,1-4H3. The van der Waals surface area contributed by atoms with E-state index < -0.39 is 10.5 Å². The first kappa shape index (κ1) is 16.6. The van der Waals surface area contributed by atoms with Crippen molar-refractivity contribution in [2.75, 3.05) is 6.54 Å². The van der Waals surface area contributed by atoms with Crippen LogP contribution in [0, 0.1) is 16.0 Å². The van der Waals surface area contributed by atoms with E-state index in [1.54, 1.807) is 19.1 Å². The lowest BCUT2D eigenvalue weighted by atomic mass is 9.94. The van der Waals surface area contributed by atoms with Crippen molar-refractivity contribution < 1.29 is 10.0 Å². The van der Waals surface area contributed by atoms with Crippen LogP contribution in [0.5, 0.6) is 0 Å². The average molecular weight is 280 g/mol. The van der Waals surface area contributed by atoms with Gasteiger partial charge in [0.15, 0.2) is 0 Å². The number of benzene rings is 1. The number of nitrogens with one attached hydrogen (secondary N) is 1. The second-order valence-corrected chi connectivity index (χ2v) is 6.05. The van der Waals surface area contributed by atoms with Gasteiger partial charge in [0, 0.05) is 24.7 Å². The van der Waals surface area contributed by atoms with Crippen molar-refractivity contribution in [2.24, 2.45) is 5.92 Å². The lowest BCUT2D eigenvalue weighted by Crippen LogP contribution is -2.39. The van der Waals surface area contributed by atoms with Crippen LogP contribution in [0.4, 0.5) is 5.69 Å². The van der Waals surface area contributed by atoms with Crippen molar-refractivity contribution in [3.8, 4) is 0 Å². The van der Waals surface area contributed by atoms with Gasteiger partial charge in [-0.15, -0.1) is 0 Å². The third-order valence-corrected chi connectivity index (χ3v) is 3.22. The number of nitro groups is 1. The summed E-state index contributed by atoms with van der Waals surface area (Å²) in [6, 6.07) is 6.52. The van der Waals surface area contributed by atoms with Crippen LogP contribution in [0.3, 0.4) is 0 Å². The highest BCUT2D eigenvalue weighted by atomic mass is 16.6. The molecule has 5 heteroatoms. The Bertz CT molecular complexity index is 458. The Balaban J connectivity index is 2.65. The second kappa shape index (κ2) is 6.81. The van der Waals surface area contributed by atoms with Gasteiger partial charge in [-0.1, -0.05) is 26.0 Å². The summed E-state index contributed by atoms with van der Waals surface area (Å²) in [5, 5.41) is 24.3. The summed E-state index contributed by atoms with van der Waals surface area (Å²) in [5.74, 6) is 0.417. The smallest absolute Gasteiger partial charge is 0.269 e. The molecule has 0 radical (unpaired) electrons. The number of non-ortho nitro benzene ring substituents is 1. The maximum absolute atomic E-state index is 10.8. The van der Waals surface area contributed by atoms with E-state index in [1.165, 1.54) is 6.07 Å². The highest BCUT2D eigenvalue weighted by molar-refractivity contribution is 5.35. The zero-order valence-corrected chi connectivity index (χ0v) is 12.6. The van der Waals surface area contributed by atoms with Gasteiger partial charge in [0.1, 0.15) is 0 Å². The number of aliphatic hydroxyl groups is 1. The van der Waals surface area contributed by atoms with Crippen LogP contribution in [-0.2, 0) is 0 Å². The van der Waals surface area contributed by atoms with Crippen molar-refractivity contribution in [2.45, 2.75) is 45.8 Å². The molecule has 2 N–H and O–H groups in total. The minimum atomic E-state index is -0.775. The predicted molar refractivity (Wildman–Crippen MR) is 79.6 cm³/mol. The number of nitro benzene ring substituents is 1. The van der Waals surface area contributed by atoms with Gasteiger partial charge in [0.25, 0.3) is 5.69 Å². The van der Waals surface area contributed by atoms with Gasteiger partial charge in [-0.2, -0.15) is 0 Å². The Morgan fingerprint density at radius 2 is 2.05 bits per heavy atom. The molecule has 112 valence electrons. The number of hydrogen-bond acceptors (Lipinski definition) is 4. The number of rotatable bonds is 7. The molecule has 5 nitrogen and oxygen atoms in total. The first-order chi connectivity index (χ1) is 9.21. The summed E-state index contributed by atoms with van der Waals surface area (Å²) in [6.45, 7) is 8.33. The lowest BCUT2D eigenvalue weighted by molar-refractivity contribution is -0.384. The number of hydrogen-bond donors (Lipinski definition) is 2. The summed E-state index contributed by atoms with van der Waals surface area (Å²) in [4.78, 5) is 10.4. The molecular formula is C15H24N2O3. The molecule has 0 aliphatic rings. The third-order valence-electron chi connectivity index (χ3n) is 3.22. The first-order valence-corrected chi connectivity index (χ1v) is 6.91. The SMILES string of the molecule is CC(C)CC(C)(O)CNC(C)c1cccc([N+](=O)[O-])c1. The van der Waals surface area contributed by atoms with Gasteiger partial charge in [-0.05, 0) is 31.7 Å². The van der Waals surface area contributed by atoms with E-state index in [0.717, 1.165) is 5.56 Å². The molecule has 0 aliphatic heterocycles.